The minimum atomic E-state index is -0.293. The van der Waals surface area contributed by atoms with Crippen molar-refractivity contribution in [2.45, 2.75) is 25.2 Å². The summed E-state index contributed by atoms with van der Waals surface area (Å²) < 4.78 is 13.0. The highest BCUT2D eigenvalue weighted by Crippen LogP contribution is 2.26. The summed E-state index contributed by atoms with van der Waals surface area (Å²) in [6.45, 7) is 1.35. The molecule has 2 aromatic heterocycles. The van der Waals surface area contributed by atoms with Gasteiger partial charge in [-0.3, -0.25) is 14.9 Å². The molecule has 0 aliphatic carbocycles. The molecule has 7 heteroatoms. The SMILES string of the molecule is O=C(Cc1ccc(F)cc1)N1CCC[C@H](c2nc(-c3cccnc3)n[nH]2)C1. The monoisotopic (exact) mass is 365 g/mol. The van der Waals surface area contributed by atoms with Crippen LogP contribution in [0.25, 0.3) is 11.4 Å². The highest BCUT2D eigenvalue weighted by atomic mass is 19.1. The number of carbonyl (C=O) groups excluding carboxylic acids is 1. The quantitative estimate of drug-likeness (QED) is 0.771. The van der Waals surface area contributed by atoms with Crippen LogP contribution in [0.2, 0.25) is 0 Å². The molecule has 1 fully saturated rings. The third kappa shape index (κ3) is 4.02. The van der Waals surface area contributed by atoms with Crippen LogP contribution in [0, 0.1) is 5.82 Å². The lowest BCUT2D eigenvalue weighted by atomic mass is 9.96. The molecule has 1 aromatic carbocycles. The van der Waals surface area contributed by atoms with E-state index in [1.54, 1.807) is 24.5 Å². The molecule has 1 aliphatic rings. The zero-order valence-corrected chi connectivity index (χ0v) is 14.8. The Morgan fingerprint density at radius 3 is 2.89 bits per heavy atom. The van der Waals surface area contributed by atoms with Crippen LogP contribution < -0.4 is 0 Å². The topological polar surface area (TPSA) is 74.8 Å². The maximum Gasteiger partial charge on any atom is 0.227 e. The van der Waals surface area contributed by atoms with Crippen molar-refractivity contribution in [2.24, 2.45) is 0 Å². The first kappa shape index (κ1) is 17.3. The molecule has 3 aromatic rings. The van der Waals surface area contributed by atoms with Gasteiger partial charge in [-0.1, -0.05) is 12.1 Å². The Bertz CT molecular complexity index is 910. The molecular weight excluding hydrogens is 345 g/mol. The smallest absolute Gasteiger partial charge is 0.227 e. The molecule has 0 saturated carbocycles. The van der Waals surface area contributed by atoms with Crippen molar-refractivity contribution in [3.63, 3.8) is 0 Å². The zero-order valence-electron chi connectivity index (χ0n) is 14.8. The van der Waals surface area contributed by atoms with Gasteiger partial charge in [-0.15, -0.1) is 0 Å². The lowest BCUT2D eigenvalue weighted by Crippen LogP contribution is -2.40. The number of nitrogens with zero attached hydrogens (tertiary/aromatic N) is 4. The minimum Gasteiger partial charge on any atom is -0.342 e. The second-order valence-electron chi connectivity index (χ2n) is 6.77. The number of H-pyrrole nitrogens is 1. The second-order valence-corrected chi connectivity index (χ2v) is 6.77. The molecule has 1 saturated heterocycles. The lowest BCUT2D eigenvalue weighted by molar-refractivity contribution is -0.131. The van der Waals surface area contributed by atoms with Gasteiger partial charge in [-0.05, 0) is 42.7 Å². The first-order valence-corrected chi connectivity index (χ1v) is 9.04. The summed E-state index contributed by atoms with van der Waals surface area (Å²) in [4.78, 5) is 23.2. The number of hydrogen-bond acceptors (Lipinski definition) is 4. The summed E-state index contributed by atoms with van der Waals surface area (Å²) in [5, 5.41) is 7.31. The van der Waals surface area contributed by atoms with Crippen molar-refractivity contribution in [1.82, 2.24) is 25.1 Å². The van der Waals surface area contributed by atoms with E-state index in [0.29, 0.717) is 12.4 Å². The van der Waals surface area contributed by atoms with Crippen LogP contribution in [0.15, 0.2) is 48.8 Å². The van der Waals surface area contributed by atoms with E-state index in [0.717, 1.165) is 36.3 Å². The average molecular weight is 365 g/mol. The van der Waals surface area contributed by atoms with Gasteiger partial charge in [-0.2, -0.15) is 5.10 Å². The van der Waals surface area contributed by atoms with Crippen molar-refractivity contribution in [1.29, 1.82) is 0 Å². The summed E-state index contributed by atoms with van der Waals surface area (Å²) in [7, 11) is 0. The van der Waals surface area contributed by atoms with Gasteiger partial charge in [0.05, 0.1) is 6.42 Å². The molecule has 3 heterocycles. The fourth-order valence-electron chi connectivity index (χ4n) is 3.40. The Hall–Kier alpha value is -3.09. The van der Waals surface area contributed by atoms with Crippen LogP contribution in [0.3, 0.4) is 0 Å². The first-order chi connectivity index (χ1) is 13.2. The molecule has 0 radical (unpaired) electrons. The number of benzene rings is 1. The Labute approximate surface area is 156 Å². The molecular formula is C20H20FN5O. The van der Waals surface area contributed by atoms with E-state index in [4.69, 9.17) is 0 Å². The van der Waals surface area contributed by atoms with Crippen molar-refractivity contribution < 1.29 is 9.18 Å². The van der Waals surface area contributed by atoms with Crippen molar-refractivity contribution >= 4 is 5.91 Å². The molecule has 0 unspecified atom stereocenters. The number of halogens is 1. The normalized spacial score (nSPS) is 17.1. The number of nitrogens with one attached hydrogen (secondary N) is 1. The molecule has 27 heavy (non-hydrogen) atoms. The van der Waals surface area contributed by atoms with Crippen LogP contribution in [0.4, 0.5) is 4.39 Å². The van der Waals surface area contributed by atoms with E-state index >= 15 is 0 Å². The van der Waals surface area contributed by atoms with Gasteiger partial charge in [-0.25, -0.2) is 9.37 Å². The predicted octanol–water partition coefficient (Wildman–Crippen LogP) is 2.95. The van der Waals surface area contributed by atoms with E-state index in [9.17, 15) is 9.18 Å². The molecule has 1 atom stereocenters. The second kappa shape index (κ2) is 7.65. The van der Waals surface area contributed by atoms with Gasteiger partial charge in [0.25, 0.3) is 0 Å². The van der Waals surface area contributed by atoms with E-state index in [1.807, 2.05) is 17.0 Å². The number of amides is 1. The number of hydrogen-bond donors (Lipinski definition) is 1. The Balaban J connectivity index is 1.43. The number of carbonyl (C=O) groups is 1. The largest absolute Gasteiger partial charge is 0.342 e. The van der Waals surface area contributed by atoms with Gasteiger partial charge in [0.15, 0.2) is 5.82 Å². The first-order valence-electron chi connectivity index (χ1n) is 9.04. The summed E-state index contributed by atoms with van der Waals surface area (Å²) >= 11 is 0. The average Bonchev–Trinajstić information content (AvgIpc) is 3.21. The standard InChI is InChI=1S/C20H20FN5O/c21-17-7-5-14(6-8-17)11-18(27)26-10-2-4-16(13-26)20-23-19(24-25-20)15-3-1-9-22-12-15/h1,3,5-9,12,16H,2,4,10-11,13H2,(H,23,24,25)/t16-/m0/s1. The third-order valence-electron chi connectivity index (χ3n) is 4.85. The molecule has 1 amide bonds. The highest BCUT2D eigenvalue weighted by molar-refractivity contribution is 5.79. The summed E-state index contributed by atoms with van der Waals surface area (Å²) in [5.74, 6) is 1.31. The fraction of sp³-hybridized carbons (Fsp3) is 0.300. The van der Waals surface area contributed by atoms with E-state index in [-0.39, 0.29) is 24.1 Å². The molecule has 4 rings (SSSR count). The predicted molar refractivity (Wildman–Crippen MR) is 98.3 cm³/mol. The van der Waals surface area contributed by atoms with Gasteiger partial charge in [0.2, 0.25) is 5.91 Å². The molecule has 1 aliphatic heterocycles. The molecule has 0 bridgehead atoms. The Morgan fingerprint density at radius 1 is 1.26 bits per heavy atom. The molecule has 1 N–H and O–H groups in total. The number of aromatic amines is 1. The van der Waals surface area contributed by atoms with Crippen molar-refractivity contribution in [3.8, 4) is 11.4 Å². The van der Waals surface area contributed by atoms with Crippen molar-refractivity contribution in [2.75, 3.05) is 13.1 Å². The van der Waals surface area contributed by atoms with E-state index < -0.39 is 0 Å². The van der Waals surface area contributed by atoms with Gasteiger partial charge < -0.3 is 4.90 Å². The van der Waals surface area contributed by atoms with Crippen LogP contribution in [0.1, 0.15) is 30.1 Å². The van der Waals surface area contributed by atoms with Gasteiger partial charge >= 0.3 is 0 Å². The van der Waals surface area contributed by atoms with Crippen molar-refractivity contribution in [3.05, 3.63) is 66.0 Å². The van der Waals surface area contributed by atoms with Gasteiger partial charge in [0, 0.05) is 37.0 Å². The van der Waals surface area contributed by atoms with Crippen LogP contribution in [-0.2, 0) is 11.2 Å². The Morgan fingerprint density at radius 2 is 2.11 bits per heavy atom. The number of aromatic nitrogens is 4. The minimum absolute atomic E-state index is 0.0540. The third-order valence-corrected chi connectivity index (χ3v) is 4.85. The van der Waals surface area contributed by atoms with Crippen LogP contribution in [-0.4, -0.2) is 44.1 Å². The van der Waals surface area contributed by atoms with E-state index in [2.05, 4.69) is 20.2 Å². The van der Waals surface area contributed by atoms with Gasteiger partial charge in [0.1, 0.15) is 11.6 Å². The van der Waals surface area contributed by atoms with E-state index in [1.165, 1.54) is 12.1 Å². The maximum atomic E-state index is 13.0. The number of piperidine rings is 1. The zero-order chi connectivity index (χ0) is 18.6. The summed E-state index contributed by atoms with van der Waals surface area (Å²) in [6, 6.07) is 9.85. The van der Waals surface area contributed by atoms with Crippen LogP contribution in [0.5, 0.6) is 0 Å². The number of likely N-dealkylation sites (tertiary alicyclic amines) is 1. The lowest BCUT2D eigenvalue weighted by Gasteiger charge is -2.31. The Kier molecular flexibility index (Phi) is 4.91. The van der Waals surface area contributed by atoms with Crippen LogP contribution >= 0.6 is 0 Å². The summed E-state index contributed by atoms with van der Waals surface area (Å²) in [6.07, 6.45) is 5.60. The molecule has 138 valence electrons. The highest BCUT2D eigenvalue weighted by Gasteiger charge is 2.27. The summed E-state index contributed by atoms with van der Waals surface area (Å²) in [5.41, 5.74) is 1.68. The maximum absolute atomic E-state index is 13.0. The number of rotatable bonds is 4. The number of pyridine rings is 1. The molecule has 6 nitrogen and oxygen atoms in total. The molecule has 0 spiro atoms. The fourth-order valence-corrected chi connectivity index (χ4v) is 3.40.